The van der Waals surface area contributed by atoms with Crippen LogP contribution in [0, 0.1) is 5.82 Å². The van der Waals surface area contributed by atoms with Crippen LogP contribution in [0.4, 0.5) is 15.9 Å². The summed E-state index contributed by atoms with van der Waals surface area (Å²) in [6.07, 6.45) is 2.91. The van der Waals surface area contributed by atoms with Gasteiger partial charge in [-0.2, -0.15) is 0 Å². The van der Waals surface area contributed by atoms with Crippen molar-refractivity contribution < 1.29 is 4.39 Å². The number of anilines is 2. The number of halogens is 2. The first-order valence-electron chi connectivity index (χ1n) is 5.10. The molecule has 0 saturated heterocycles. The standard InChI is InChI=1S/C11H7ClFN5/c12-7-2-1-6(3-8(7)13)18-11-9-10(15-4-14-9)16-5-17-11/h1-5H,(H2,14,15,16,17,18). The van der Waals surface area contributed by atoms with Gasteiger partial charge in [-0.1, -0.05) is 11.6 Å². The van der Waals surface area contributed by atoms with E-state index in [2.05, 4.69) is 25.3 Å². The van der Waals surface area contributed by atoms with Crippen LogP contribution in [0.1, 0.15) is 0 Å². The van der Waals surface area contributed by atoms with E-state index in [-0.39, 0.29) is 5.02 Å². The van der Waals surface area contributed by atoms with Gasteiger partial charge in [0.25, 0.3) is 0 Å². The number of benzene rings is 1. The fraction of sp³-hybridized carbons (Fsp3) is 0. The molecule has 0 unspecified atom stereocenters. The van der Waals surface area contributed by atoms with Gasteiger partial charge < -0.3 is 10.3 Å². The molecule has 3 aromatic rings. The molecule has 0 aliphatic carbocycles. The molecule has 5 nitrogen and oxygen atoms in total. The van der Waals surface area contributed by atoms with Crippen LogP contribution < -0.4 is 5.32 Å². The van der Waals surface area contributed by atoms with E-state index in [9.17, 15) is 4.39 Å². The van der Waals surface area contributed by atoms with Crippen LogP contribution in [0.15, 0.2) is 30.9 Å². The van der Waals surface area contributed by atoms with Gasteiger partial charge in [-0.05, 0) is 18.2 Å². The Morgan fingerprint density at radius 1 is 1.22 bits per heavy atom. The molecule has 18 heavy (non-hydrogen) atoms. The van der Waals surface area contributed by atoms with Crippen molar-refractivity contribution in [3.8, 4) is 0 Å². The van der Waals surface area contributed by atoms with Crippen molar-refractivity contribution >= 4 is 34.3 Å². The fourth-order valence-corrected chi connectivity index (χ4v) is 1.69. The van der Waals surface area contributed by atoms with Gasteiger partial charge in [-0.25, -0.2) is 19.3 Å². The third-order valence-corrected chi connectivity index (χ3v) is 2.71. The fourth-order valence-electron chi connectivity index (χ4n) is 1.57. The zero-order chi connectivity index (χ0) is 12.5. The van der Waals surface area contributed by atoms with Gasteiger partial charge in [0, 0.05) is 5.69 Å². The normalized spacial score (nSPS) is 10.8. The highest BCUT2D eigenvalue weighted by atomic mass is 35.5. The van der Waals surface area contributed by atoms with Crippen LogP contribution in [-0.4, -0.2) is 19.9 Å². The number of hydrogen-bond acceptors (Lipinski definition) is 4. The van der Waals surface area contributed by atoms with Crippen LogP contribution in [0.2, 0.25) is 5.02 Å². The Labute approximate surface area is 106 Å². The van der Waals surface area contributed by atoms with E-state index >= 15 is 0 Å². The number of nitrogens with one attached hydrogen (secondary N) is 2. The lowest BCUT2D eigenvalue weighted by Gasteiger charge is -2.06. The van der Waals surface area contributed by atoms with Gasteiger partial charge in [-0.3, -0.25) is 0 Å². The quantitative estimate of drug-likeness (QED) is 0.746. The highest BCUT2D eigenvalue weighted by Crippen LogP contribution is 2.23. The van der Waals surface area contributed by atoms with Crippen LogP contribution in [-0.2, 0) is 0 Å². The van der Waals surface area contributed by atoms with Crippen molar-refractivity contribution in [1.82, 2.24) is 19.9 Å². The lowest BCUT2D eigenvalue weighted by molar-refractivity contribution is 0.629. The molecule has 0 amide bonds. The van der Waals surface area contributed by atoms with Crippen molar-refractivity contribution in [3.05, 3.63) is 41.7 Å². The SMILES string of the molecule is Fc1cc(Nc2ncnc3nc[nH]c23)ccc1Cl. The summed E-state index contributed by atoms with van der Waals surface area (Å²) in [4.78, 5) is 15.0. The molecule has 3 rings (SSSR count). The van der Waals surface area contributed by atoms with Crippen molar-refractivity contribution in [2.45, 2.75) is 0 Å². The third-order valence-electron chi connectivity index (χ3n) is 2.41. The number of rotatable bonds is 2. The van der Waals surface area contributed by atoms with E-state index in [4.69, 9.17) is 11.6 Å². The molecule has 0 atom stereocenters. The molecule has 90 valence electrons. The second-order valence-corrected chi connectivity index (χ2v) is 3.98. The summed E-state index contributed by atoms with van der Waals surface area (Å²) < 4.78 is 13.3. The average molecular weight is 264 g/mol. The average Bonchev–Trinajstić information content (AvgIpc) is 2.83. The van der Waals surface area contributed by atoms with Crippen molar-refractivity contribution in [1.29, 1.82) is 0 Å². The molecule has 0 aliphatic rings. The number of imidazole rings is 1. The highest BCUT2D eigenvalue weighted by Gasteiger charge is 2.07. The van der Waals surface area contributed by atoms with E-state index in [1.165, 1.54) is 24.8 Å². The van der Waals surface area contributed by atoms with Gasteiger partial charge in [0.2, 0.25) is 0 Å². The number of fused-ring (bicyclic) bond motifs is 1. The van der Waals surface area contributed by atoms with E-state index in [0.29, 0.717) is 22.7 Å². The molecule has 1 aromatic carbocycles. The molecular weight excluding hydrogens is 257 g/mol. The molecule has 2 heterocycles. The van der Waals surface area contributed by atoms with Gasteiger partial charge in [0.15, 0.2) is 11.5 Å². The summed E-state index contributed by atoms with van der Waals surface area (Å²) >= 11 is 5.62. The zero-order valence-electron chi connectivity index (χ0n) is 8.98. The molecular formula is C11H7ClFN5. The summed E-state index contributed by atoms with van der Waals surface area (Å²) in [6.45, 7) is 0. The lowest BCUT2D eigenvalue weighted by Crippen LogP contribution is -1.96. The van der Waals surface area contributed by atoms with E-state index < -0.39 is 5.82 Å². The molecule has 7 heteroatoms. The van der Waals surface area contributed by atoms with Gasteiger partial charge in [0.1, 0.15) is 17.7 Å². The molecule has 0 bridgehead atoms. The minimum Gasteiger partial charge on any atom is -0.340 e. The van der Waals surface area contributed by atoms with E-state index in [1.54, 1.807) is 6.07 Å². The molecule has 2 aromatic heterocycles. The zero-order valence-corrected chi connectivity index (χ0v) is 9.74. The second-order valence-electron chi connectivity index (χ2n) is 3.58. The summed E-state index contributed by atoms with van der Waals surface area (Å²) in [6, 6.07) is 4.44. The first-order valence-corrected chi connectivity index (χ1v) is 5.48. The number of nitrogens with zero attached hydrogens (tertiary/aromatic N) is 3. The minimum atomic E-state index is -0.489. The summed E-state index contributed by atoms with van der Waals surface area (Å²) in [5, 5.41) is 3.06. The third kappa shape index (κ3) is 1.86. The maximum Gasteiger partial charge on any atom is 0.182 e. The Bertz CT molecular complexity index is 711. The van der Waals surface area contributed by atoms with Crippen molar-refractivity contribution in [2.24, 2.45) is 0 Å². The maximum atomic E-state index is 13.3. The Hall–Kier alpha value is -2.21. The lowest BCUT2D eigenvalue weighted by atomic mass is 10.3. The van der Waals surface area contributed by atoms with Crippen LogP contribution in [0.25, 0.3) is 11.2 Å². The second kappa shape index (κ2) is 4.23. The maximum absolute atomic E-state index is 13.3. The van der Waals surface area contributed by atoms with E-state index in [1.807, 2.05) is 0 Å². The van der Waals surface area contributed by atoms with Crippen molar-refractivity contribution in [2.75, 3.05) is 5.32 Å². The molecule has 2 N–H and O–H groups in total. The summed E-state index contributed by atoms with van der Waals surface area (Å²) in [7, 11) is 0. The molecule has 0 radical (unpaired) electrons. The molecule has 0 fully saturated rings. The predicted octanol–water partition coefficient (Wildman–Crippen LogP) is 2.89. The van der Waals surface area contributed by atoms with Gasteiger partial charge in [-0.15, -0.1) is 0 Å². The first-order chi connectivity index (χ1) is 8.74. The molecule has 0 aliphatic heterocycles. The van der Waals surface area contributed by atoms with E-state index in [0.717, 1.165) is 0 Å². The monoisotopic (exact) mass is 263 g/mol. The molecule has 0 spiro atoms. The summed E-state index contributed by atoms with van der Waals surface area (Å²) in [5.74, 6) is 0.0378. The van der Waals surface area contributed by atoms with Gasteiger partial charge >= 0.3 is 0 Å². The number of H-pyrrole nitrogens is 1. The van der Waals surface area contributed by atoms with Crippen LogP contribution in [0.3, 0.4) is 0 Å². The first kappa shape index (κ1) is 10.9. The predicted molar refractivity (Wildman–Crippen MR) is 66.4 cm³/mol. The minimum absolute atomic E-state index is 0.0786. The Morgan fingerprint density at radius 2 is 2.11 bits per heavy atom. The van der Waals surface area contributed by atoms with Crippen molar-refractivity contribution in [3.63, 3.8) is 0 Å². The topological polar surface area (TPSA) is 66.5 Å². The summed E-state index contributed by atoms with van der Waals surface area (Å²) in [5.41, 5.74) is 1.75. The number of aromatic nitrogens is 4. The Balaban J connectivity index is 2.01. The Morgan fingerprint density at radius 3 is 2.94 bits per heavy atom. The van der Waals surface area contributed by atoms with Crippen LogP contribution >= 0.6 is 11.6 Å². The smallest absolute Gasteiger partial charge is 0.182 e. The Kier molecular flexibility index (Phi) is 2.56. The number of aromatic amines is 1. The van der Waals surface area contributed by atoms with Crippen LogP contribution in [0.5, 0.6) is 0 Å². The molecule has 0 saturated carbocycles. The largest absolute Gasteiger partial charge is 0.340 e. The highest BCUT2D eigenvalue weighted by molar-refractivity contribution is 6.30. The van der Waals surface area contributed by atoms with Gasteiger partial charge in [0.05, 0.1) is 11.3 Å². The number of hydrogen-bond donors (Lipinski definition) is 2.